The Kier molecular flexibility index (Phi) is 3.89. The van der Waals surface area contributed by atoms with Crippen LogP contribution in [-0.4, -0.2) is 36.5 Å². The van der Waals surface area contributed by atoms with Crippen molar-refractivity contribution in [2.24, 2.45) is 5.92 Å². The fourth-order valence-corrected chi connectivity index (χ4v) is 3.60. The van der Waals surface area contributed by atoms with E-state index < -0.39 is 0 Å². The number of carbonyl (C=O) groups excluding carboxylic acids is 1. The van der Waals surface area contributed by atoms with Crippen LogP contribution in [-0.2, 0) is 0 Å². The van der Waals surface area contributed by atoms with Crippen molar-refractivity contribution >= 4 is 17.2 Å². The number of amides is 1. The Labute approximate surface area is 119 Å². The standard InChI is InChI=1S/C15H22N2OS/c1-11-9-19-10-14(11)15(18)17(7-12-4-5-12)8-13-3-2-6-16-13/h9-10,12-13,16H,2-8H2,1H3. The molecule has 0 spiro atoms. The second kappa shape index (κ2) is 5.63. The Hall–Kier alpha value is -0.870. The lowest BCUT2D eigenvalue weighted by molar-refractivity contribution is 0.0733. The monoisotopic (exact) mass is 278 g/mol. The second-order valence-electron chi connectivity index (χ2n) is 5.92. The maximum atomic E-state index is 12.7. The highest BCUT2D eigenvalue weighted by atomic mass is 32.1. The van der Waals surface area contributed by atoms with Gasteiger partial charge < -0.3 is 10.2 Å². The number of carbonyl (C=O) groups is 1. The Bertz CT molecular complexity index is 447. The van der Waals surface area contributed by atoms with Gasteiger partial charge in [0.05, 0.1) is 5.56 Å². The molecule has 3 rings (SSSR count). The van der Waals surface area contributed by atoms with Crippen molar-refractivity contribution in [1.29, 1.82) is 0 Å². The van der Waals surface area contributed by atoms with E-state index in [2.05, 4.69) is 15.6 Å². The summed E-state index contributed by atoms with van der Waals surface area (Å²) in [5, 5.41) is 7.57. The molecular formula is C15H22N2OS. The summed E-state index contributed by atoms with van der Waals surface area (Å²) in [7, 11) is 0. The third kappa shape index (κ3) is 3.18. The average molecular weight is 278 g/mol. The molecular weight excluding hydrogens is 256 g/mol. The SMILES string of the molecule is Cc1cscc1C(=O)N(CC1CC1)CC1CCCN1. The molecule has 1 amide bonds. The van der Waals surface area contributed by atoms with Crippen LogP contribution < -0.4 is 5.32 Å². The molecule has 2 heterocycles. The van der Waals surface area contributed by atoms with Crippen molar-refractivity contribution in [2.45, 2.75) is 38.6 Å². The van der Waals surface area contributed by atoms with Gasteiger partial charge in [-0.05, 0) is 56.0 Å². The minimum Gasteiger partial charge on any atom is -0.337 e. The molecule has 2 aliphatic rings. The predicted octanol–water partition coefficient (Wildman–Crippen LogP) is 2.66. The summed E-state index contributed by atoms with van der Waals surface area (Å²) in [5.41, 5.74) is 2.03. The van der Waals surface area contributed by atoms with Gasteiger partial charge >= 0.3 is 0 Å². The Balaban J connectivity index is 1.69. The lowest BCUT2D eigenvalue weighted by atomic mass is 10.1. The molecule has 1 aromatic heterocycles. The number of hydrogen-bond donors (Lipinski definition) is 1. The zero-order valence-electron chi connectivity index (χ0n) is 11.5. The minimum atomic E-state index is 0.236. The first kappa shape index (κ1) is 13.1. The van der Waals surface area contributed by atoms with Crippen LogP contribution in [0.3, 0.4) is 0 Å². The summed E-state index contributed by atoms with van der Waals surface area (Å²) < 4.78 is 0. The maximum absolute atomic E-state index is 12.7. The van der Waals surface area contributed by atoms with Crippen LogP contribution >= 0.6 is 11.3 Å². The number of nitrogens with one attached hydrogen (secondary N) is 1. The number of nitrogens with zero attached hydrogens (tertiary/aromatic N) is 1. The van der Waals surface area contributed by atoms with Crippen molar-refractivity contribution < 1.29 is 4.79 Å². The highest BCUT2D eigenvalue weighted by Crippen LogP contribution is 2.31. The minimum absolute atomic E-state index is 0.236. The van der Waals surface area contributed by atoms with Crippen molar-refractivity contribution in [2.75, 3.05) is 19.6 Å². The predicted molar refractivity (Wildman–Crippen MR) is 78.7 cm³/mol. The summed E-state index contributed by atoms with van der Waals surface area (Å²) in [6.45, 7) is 4.97. The molecule has 1 unspecified atom stereocenters. The van der Waals surface area contributed by atoms with Gasteiger partial charge in [0.25, 0.3) is 5.91 Å². The quantitative estimate of drug-likeness (QED) is 0.898. The molecule has 1 N–H and O–H groups in total. The summed E-state index contributed by atoms with van der Waals surface area (Å²) in [6, 6.07) is 0.502. The number of thiophene rings is 1. The summed E-state index contributed by atoms with van der Waals surface area (Å²) in [5.74, 6) is 0.989. The van der Waals surface area contributed by atoms with Gasteiger partial charge in [0.15, 0.2) is 0 Å². The third-order valence-electron chi connectivity index (χ3n) is 4.15. The smallest absolute Gasteiger partial charge is 0.255 e. The molecule has 1 aliphatic heterocycles. The van der Waals surface area contributed by atoms with Gasteiger partial charge in [-0.1, -0.05) is 0 Å². The van der Waals surface area contributed by atoms with Crippen molar-refractivity contribution in [3.05, 3.63) is 21.9 Å². The highest BCUT2D eigenvalue weighted by molar-refractivity contribution is 7.08. The Morgan fingerprint density at radius 2 is 2.21 bits per heavy atom. The molecule has 0 radical (unpaired) electrons. The van der Waals surface area contributed by atoms with Gasteiger partial charge in [-0.15, -0.1) is 0 Å². The summed E-state index contributed by atoms with van der Waals surface area (Å²) >= 11 is 1.63. The van der Waals surface area contributed by atoms with Crippen molar-refractivity contribution in [3.8, 4) is 0 Å². The average Bonchev–Trinajstić information content (AvgIpc) is 2.88. The molecule has 0 aromatic carbocycles. The van der Waals surface area contributed by atoms with Crippen LogP contribution in [0.15, 0.2) is 10.8 Å². The molecule has 1 aromatic rings. The van der Waals surface area contributed by atoms with Crippen molar-refractivity contribution in [3.63, 3.8) is 0 Å². The zero-order chi connectivity index (χ0) is 13.2. The van der Waals surface area contributed by atoms with Crippen LogP contribution in [0.2, 0.25) is 0 Å². The lowest BCUT2D eigenvalue weighted by Gasteiger charge is -2.26. The van der Waals surface area contributed by atoms with Crippen LogP contribution in [0.1, 0.15) is 41.6 Å². The van der Waals surface area contributed by atoms with Crippen LogP contribution in [0.4, 0.5) is 0 Å². The molecule has 4 heteroatoms. The van der Waals surface area contributed by atoms with E-state index in [0.717, 1.165) is 36.7 Å². The molecule has 19 heavy (non-hydrogen) atoms. The first-order valence-electron chi connectivity index (χ1n) is 7.29. The van der Waals surface area contributed by atoms with Crippen LogP contribution in [0, 0.1) is 12.8 Å². The summed E-state index contributed by atoms with van der Waals surface area (Å²) in [4.78, 5) is 14.8. The normalized spacial score (nSPS) is 22.7. The van der Waals surface area contributed by atoms with Crippen LogP contribution in [0.5, 0.6) is 0 Å². The van der Waals surface area contributed by atoms with E-state index in [1.165, 1.54) is 25.7 Å². The Morgan fingerprint density at radius 1 is 1.37 bits per heavy atom. The van der Waals surface area contributed by atoms with E-state index in [1.807, 2.05) is 12.3 Å². The fraction of sp³-hybridized carbons (Fsp3) is 0.667. The largest absolute Gasteiger partial charge is 0.337 e. The molecule has 3 nitrogen and oxygen atoms in total. The van der Waals surface area contributed by atoms with Gasteiger partial charge in [-0.2, -0.15) is 11.3 Å². The van der Waals surface area contributed by atoms with Gasteiger partial charge in [0.2, 0.25) is 0 Å². The molecule has 1 saturated heterocycles. The van der Waals surface area contributed by atoms with Crippen LogP contribution in [0.25, 0.3) is 0 Å². The van der Waals surface area contributed by atoms with Gasteiger partial charge in [0.1, 0.15) is 0 Å². The molecule has 1 saturated carbocycles. The fourth-order valence-electron chi connectivity index (χ4n) is 2.78. The van der Waals surface area contributed by atoms with E-state index in [9.17, 15) is 4.79 Å². The highest BCUT2D eigenvalue weighted by Gasteiger charge is 2.30. The molecule has 0 bridgehead atoms. The van der Waals surface area contributed by atoms with Gasteiger partial charge in [-0.25, -0.2) is 0 Å². The first-order valence-corrected chi connectivity index (χ1v) is 8.24. The number of hydrogen-bond acceptors (Lipinski definition) is 3. The van der Waals surface area contributed by atoms with Crippen molar-refractivity contribution in [1.82, 2.24) is 10.2 Å². The first-order chi connectivity index (χ1) is 9.24. The number of rotatable bonds is 5. The number of aryl methyl sites for hydroxylation is 1. The lowest BCUT2D eigenvalue weighted by Crippen LogP contribution is -2.42. The summed E-state index contributed by atoms with van der Waals surface area (Å²) in [6.07, 6.45) is 5.04. The van der Waals surface area contributed by atoms with E-state index >= 15 is 0 Å². The van der Waals surface area contributed by atoms with E-state index in [0.29, 0.717) is 6.04 Å². The molecule has 1 aliphatic carbocycles. The molecule has 1 atom stereocenters. The second-order valence-corrected chi connectivity index (χ2v) is 6.66. The molecule has 104 valence electrons. The van der Waals surface area contributed by atoms with E-state index in [1.54, 1.807) is 11.3 Å². The zero-order valence-corrected chi connectivity index (χ0v) is 12.3. The third-order valence-corrected chi connectivity index (χ3v) is 5.01. The maximum Gasteiger partial charge on any atom is 0.255 e. The van der Waals surface area contributed by atoms with E-state index in [-0.39, 0.29) is 5.91 Å². The Morgan fingerprint density at radius 3 is 2.79 bits per heavy atom. The topological polar surface area (TPSA) is 32.3 Å². The van der Waals surface area contributed by atoms with Gasteiger partial charge in [-0.3, -0.25) is 4.79 Å². The van der Waals surface area contributed by atoms with Gasteiger partial charge in [0, 0.05) is 24.5 Å². The van der Waals surface area contributed by atoms with E-state index in [4.69, 9.17) is 0 Å². The molecule has 2 fully saturated rings.